The number of aromatic nitrogens is 3. The van der Waals surface area contributed by atoms with Crippen LogP contribution in [0.3, 0.4) is 0 Å². The molecule has 0 radical (unpaired) electrons. The lowest BCUT2D eigenvalue weighted by atomic mass is 9.80. The Balaban J connectivity index is 1.66. The summed E-state index contributed by atoms with van der Waals surface area (Å²) in [6, 6.07) is 22.9. The van der Waals surface area contributed by atoms with Gasteiger partial charge in [-0.05, 0) is 77.6 Å². The van der Waals surface area contributed by atoms with E-state index in [4.69, 9.17) is 0 Å². The molecule has 4 aromatic carbocycles. The number of carboxylic acids is 1. The molecule has 9 heteroatoms. The first-order valence-corrected chi connectivity index (χ1v) is 13.9. The van der Waals surface area contributed by atoms with E-state index in [-0.39, 0.29) is 26.5 Å². The molecule has 5 rings (SSSR count). The summed E-state index contributed by atoms with van der Waals surface area (Å²) in [5.74, 6) is -0.993. The average Bonchev–Trinajstić information content (AvgIpc) is 3.37. The molecule has 2 N–H and O–H groups in total. The highest BCUT2D eigenvalue weighted by Gasteiger charge is 2.26. The number of nitrogens with zero attached hydrogens (tertiary/aromatic N) is 3. The van der Waals surface area contributed by atoms with Crippen molar-refractivity contribution in [3.8, 4) is 22.6 Å². The van der Waals surface area contributed by atoms with Crippen molar-refractivity contribution in [3.63, 3.8) is 0 Å². The molecule has 5 aromatic rings. The van der Waals surface area contributed by atoms with Gasteiger partial charge < -0.3 is 10.2 Å². The second kappa shape index (κ2) is 9.67. The predicted octanol–water partition coefficient (Wildman–Crippen LogP) is 6.01. The molecule has 0 unspecified atom stereocenters. The van der Waals surface area contributed by atoms with Crippen LogP contribution in [-0.4, -0.2) is 39.6 Å². The van der Waals surface area contributed by atoms with Crippen molar-refractivity contribution in [1.29, 1.82) is 0 Å². The highest BCUT2D eigenvalue weighted by molar-refractivity contribution is 7.91. The van der Waals surface area contributed by atoms with Gasteiger partial charge in [-0.2, -0.15) is 0 Å². The summed E-state index contributed by atoms with van der Waals surface area (Å²) in [5, 5.41) is 29.7. The molecule has 0 aliphatic heterocycles. The lowest BCUT2D eigenvalue weighted by molar-refractivity contribution is 0.0697. The number of aromatic hydroxyl groups is 1. The molecule has 0 fully saturated rings. The summed E-state index contributed by atoms with van der Waals surface area (Å²) < 4.78 is 26.3. The largest absolute Gasteiger partial charge is 0.505 e. The van der Waals surface area contributed by atoms with Crippen molar-refractivity contribution < 1.29 is 23.4 Å². The molecule has 0 aliphatic carbocycles. The zero-order chi connectivity index (χ0) is 27.9. The number of phenols is 1. The lowest BCUT2D eigenvalue weighted by Gasteiger charge is -2.26. The predicted molar refractivity (Wildman–Crippen MR) is 148 cm³/mol. The fourth-order valence-corrected chi connectivity index (χ4v) is 5.66. The van der Waals surface area contributed by atoms with Gasteiger partial charge in [0.15, 0.2) is 0 Å². The number of hydrogen-bond donors (Lipinski definition) is 2. The fourth-order valence-electron chi connectivity index (χ4n) is 4.35. The van der Waals surface area contributed by atoms with Crippen molar-refractivity contribution in [1.82, 2.24) is 15.0 Å². The summed E-state index contributed by atoms with van der Waals surface area (Å²) in [6.45, 7) is 6.08. The van der Waals surface area contributed by atoms with Crippen molar-refractivity contribution in [2.75, 3.05) is 0 Å². The van der Waals surface area contributed by atoms with Gasteiger partial charge in [0.1, 0.15) is 22.5 Å². The fraction of sp³-hybridized carbons (Fsp3) is 0.167. The van der Waals surface area contributed by atoms with E-state index < -0.39 is 15.8 Å². The van der Waals surface area contributed by atoms with Crippen LogP contribution in [0.2, 0.25) is 0 Å². The maximum atomic E-state index is 13.1. The molecule has 1 heterocycles. The van der Waals surface area contributed by atoms with Gasteiger partial charge in [0, 0.05) is 5.56 Å². The number of carboxylic acid groups (broad SMARTS) is 1. The Labute approximate surface area is 226 Å². The Morgan fingerprint density at radius 3 is 2.15 bits per heavy atom. The molecule has 198 valence electrons. The smallest absolute Gasteiger partial charge is 0.335 e. The number of hydrogen-bond acceptors (Lipinski definition) is 6. The molecular weight excluding hydrogens is 514 g/mol. The molecule has 0 spiro atoms. The van der Waals surface area contributed by atoms with Gasteiger partial charge in [0.2, 0.25) is 9.84 Å². The SMILES string of the molecule is CCC(C)(C)c1cc(-c2ccc(C(=O)O)cc2)cc(-n2nc3ccc(S(=O)(=O)c4ccccc4)cc3n2)c1O. The number of benzene rings is 4. The minimum Gasteiger partial charge on any atom is -0.505 e. The molecule has 39 heavy (non-hydrogen) atoms. The van der Waals surface area contributed by atoms with Gasteiger partial charge >= 0.3 is 5.97 Å². The number of aromatic carboxylic acids is 1. The second-order valence-electron chi connectivity index (χ2n) is 9.97. The third-order valence-electron chi connectivity index (χ3n) is 7.10. The Bertz CT molecular complexity index is 1810. The standard InChI is InChI=1S/C30H27N3O5S/c1-4-30(2,3)24-16-21(19-10-12-20(13-11-19)29(35)36)17-27(28(24)34)33-31-25-15-14-23(18-26(25)32-33)39(37,38)22-8-6-5-7-9-22/h5-18,34H,4H2,1-3H3,(H,35,36). The summed E-state index contributed by atoms with van der Waals surface area (Å²) in [5.41, 5.74) is 3.15. The van der Waals surface area contributed by atoms with Gasteiger partial charge in [0.25, 0.3) is 0 Å². The van der Waals surface area contributed by atoms with Crippen LogP contribution < -0.4 is 0 Å². The quantitative estimate of drug-likeness (QED) is 0.259. The van der Waals surface area contributed by atoms with Gasteiger partial charge in [0.05, 0.1) is 15.4 Å². The number of carbonyl (C=O) groups is 1. The number of sulfone groups is 1. The molecule has 0 atom stereocenters. The molecule has 1 aromatic heterocycles. The Kier molecular flexibility index (Phi) is 6.47. The Morgan fingerprint density at radius 1 is 0.846 bits per heavy atom. The van der Waals surface area contributed by atoms with Crippen LogP contribution >= 0.6 is 0 Å². The first-order chi connectivity index (χ1) is 18.5. The molecule has 0 saturated carbocycles. The van der Waals surface area contributed by atoms with Gasteiger partial charge in [-0.3, -0.25) is 0 Å². The second-order valence-corrected chi connectivity index (χ2v) is 11.9. The first kappa shape index (κ1) is 26.1. The number of rotatable bonds is 7. The zero-order valence-corrected chi connectivity index (χ0v) is 22.5. The monoisotopic (exact) mass is 541 g/mol. The van der Waals surface area contributed by atoms with Crippen LogP contribution in [0.4, 0.5) is 0 Å². The average molecular weight is 542 g/mol. The van der Waals surface area contributed by atoms with Crippen molar-refractivity contribution in [2.45, 2.75) is 42.4 Å². The van der Waals surface area contributed by atoms with Crippen LogP contribution in [-0.2, 0) is 15.3 Å². The van der Waals surface area contributed by atoms with Crippen molar-refractivity contribution >= 4 is 26.8 Å². The Hall–Kier alpha value is -4.50. The van der Waals surface area contributed by atoms with Crippen LogP contribution in [0.1, 0.15) is 43.1 Å². The topological polar surface area (TPSA) is 122 Å². The summed E-state index contributed by atoms with van der Waals surface area (Å²) in [7, 11) is -3.74. The maximum Gasteiger partial charge on any atom is 0.335 e. The maximum absolute atomic E-state index is 13.1. The third-order valence-corrected chi connectivity index (χ3v) is 8.87. The van der Waals surface area contributed by atoms with Crippen LogP contribution in [0.25, 0.3) is 27.8 Å². The van der Waals surface area contributed by atoms with E-state index in [0.29, 0.717) is 22.3 Å². The molecular formula is C30H27N3O5S. The zero-order valence-electron chi connectivity index (χ0n) is 21.7. The normalized spacial score (nSPS) is 12.1. The summed E-state index contributed by atoms with van der Waals surface area (Å²) in [4.78, 5) is 12.9. The van der Waals surface area contributed by atoms with E-state index in [0.717, 1.165) is 17.5 Å². The highest BCUT2D eigenvalue weighted by atomic mass is 32.2. The molecule has 0 bridgehead atoms. The van der Waals surface area contributed by atoms with E-state index in [2.05, 4.69) is 10.2 Å². The van der Waals surface area contributed by atoms with Crippen molar-refractivity contribution in [3.05, 3.63) is 96.1 Å². The lowest BCUT2D eigenvalue weighted by Crippen LogP contribution is -2.17. The summed E-state index contributed by atoms with van der Waals surface area (Å²) in [6.07, 6.45) is 0.747. The number of phenolic OH excluding ortho intramolecular Hbond substituents is 1. The van der Waals surface area contributed by atoms with Gasteiger partial charge in [-0.25, -0.2) is 13.2 Å². The van der Waals surface area contributed by atoms with Gasteiger partial charge in [-0.1, -0.05) is 51.1 Å². The van der Waals surface area contributed by atoms with E-state index >= 15 is 0 Å². The van der Waals surface area contributed by atoms with Crippen molar-refractivity contribution in [2.24, 2.45) is 0 Å². The Morgan fingerprint density at radius 2 is 1.51 bits per heavy atom. The van der Waals surface area contributed by atoms with E-state index in [1.165, 1.54) is 29.1 Å². The molecule has 0 amide bonds. The van der Waals surface area contributed by atoms with E-state index in [1.807, 2.05) is 26.8 Å². The van der Waals surface area contributed by atoms with E-state index in [1.54, 1.807) is 54.6 Å². The van der Waals surface area contributed by atoms with Crippen LogP contribution in [0.5, 0.6) is 5.75 Å². The summed E-state index contributed by atoms with van der Waals surface area (Å²) >= 11 is 0. The van der Waals surface area contributed by atoms with E-state index in [9.17, 15) is 23.4 Å². The molecule has 8 nitrogen and oxygen atoms in total. The molecule has 0 aliphatic rings. The van der Waals surface area contributed by atoms with Gasteiger partial charge in [-0.15, -0.1) is 15.0 Å². The minimum atomic E-state index is -3.74. The highest BCUT2D eigenvalue weighted by Crippen LogP contribution is 2.40. The third kappa shape index (κ3) is 4.77. The van der Waals surface area contributed by atoms with Crippen LogP contribution in [0, 0.1) is 0 Å². The first-order valence-electron chi connectivity index (χ1n) is 12.4. The number of fused-ring (bicyclic) bond motifs is 1. The van der Waals surface area contributed by atoms with Crippen LogP contribution in [0.15, 0.2) is 94.7 Å². The minimum absolute atomic E-state index is 0.0187. The molecule has 0 saturated heterocycles.